The van der Waals surface area contributed by atoms with Crippen LogP contribution in [0, 0.1) is 5.92 Å². The van der Waals surface area contributed by atoms with Crippen LogP contribution in [0.5, 0.6) is 5.75 Å². The molecule has 6 nitrogen and oxygen atoms in total. The molecule has 1 aliphatic rings. The van der Waals surface area contributed by atoms with Crippen LogP contribution in [0.4, 0.5) is 0 Å². The Morgan fingerprint density at radius 3 is 2.20 bits per heavy atom. The molecule has 6 heteroatoms. The lowest BCUT2D eigenvalue weighted by Crippen LogP contribution is -2.51. The molecule has 1 aliphatic heterocycles. The lowest BCUT2D eigenvalue weighted by Gasteiger charge is -2.36. The molecule has 1 aromatic rings. The van der Waals surface area contributed by atoms with Gasteiger partial charge >= 0.3 is 5.97 Å². The first-order valence-corrected chi connectivity index (χ1v) is 8.82. The summed E-state index contributed by atoms with van der Waals surface area (Å²) in [7, 11) is 0. The normalized spacial score (nSPS) is 14.6. The van der Waals surface area contributed by atoms with Gasteiger partial charge in [-0.05, 0) is 31.0 Å². The van der Waals surface area contributed by atoms with E-state index in [1.54, 1.807) is 29.2 Å². The minimum atomic E-state index is -0.418. The van der Waals surface area contributed by atoms with E-state index in [4.69, 9.17) is 4.74 Å². The summed E-state index contributed by atoms with van der Waals surface area (Å²) in [6, 6.07) is 6.62. The molecule has 2 amide bonds. The summed E-state index contributed by atoms with van der Waals surface area (Å²) in [4.78, 5) is 39.7. The molecule has 0 aromatic heterocycles. The predicted molar refractivity (Wildman–Crippen MR) is 94.3 cm³/mol. The number of hydrogen-bond donors (Lipinski definition) is 0. The number of carbonyl (C=O) groups is 3. The van der Waals surface area contributed by atoms with E-state index in [9.17, 15) is 14.4 Å². The van der Waals surface area contributed by atoms with Gasteiger partial charge in [0.15, 0.2) is 0 Å². The topological polar surface area (TPSA) is 66.9 Å². The standard InChI is InChI=1S/C19H26N2O4/c1-4-15(5-2)18(23)20-9-11-21(12-10-20)19(24)16-7-6-8-17(13-16)25-14(3)22/h6-8,13,15H,4-5,9-12H2,1-3H3. The molecule has 0 spiro atoms. The number of esters is 1. The van der Waals surface area contributed by atoms with Crippen molar-refractivity contribution in [2.24, 2.45) is 5.92 Å². The number of benzene rings is 1. The fourth-order valence-electron chi connectivity index (χ4n) is 3.07. The van der Waals surface area contributed by atoms with Crippen LogP contribution in [0.3, 0.4) is 0 Å². The first kappa shape index (κ1) is 19.0. The molecule has 0 bridgehead atoms. The van der Waals surface area contributed by atoms with Gasteiger partial charge in [-0.2, -0.15) is 0 Å². The number of ether oxygens (including phenoxy) is 1. The Bertz CT molecular complexity index is 632. The summed E-state index contributed by atoms with van der Waals surface area (Å²) < 4.78 is 5.03. The van der Waals surface area contributed by atoms with Gasteiger partial charge in [-0.3, -0.25) is 14.4 Å². The molecule has 1 heterocycles. The number of hydrogen-bond acceptors (Lipinski definition) is 4. The highest BCUT2D eigenvalue weighted by Crippen LogP contribution is 2.18. The van der Waals surface area contributed by atoms with E-state index in [2.05, 4.69) is 0 Å². The molecule has 25 heavy (non-hydrogen) atoms. The Labute approximate surface area is 148 Å². The molecular formula is C19H26N2O4. The SMILES string of the molecule is CCC(CC)C(=O)N1CCN(C(=O)c2cccc(OC(C)=O)c2)CC1. The Kier molecular flexibility index (Phi) is 6.56. The fraction of sp³-hybridized carbons (Fsp3) is 0.526. The average Bonchev–Trinajstić information content (AvgIpc) is 2.62. The van der Waals surface area contributed by atoms with E-state index < -0.39 is 5.97 Å². The van der Waals surface area contributed by atoms with Crippen molar-refractivity contribution in [3.63, 3.8) is 0 Å². The van der Waals surface area contributed by atoms with E-state index >= 15 is 0 Å². The Balaban J connectivity index is 1.97. The molecule has 0 radical (unpaired) electrons. The number of nitrogens with zero attached hydrogens (tertiary/aromatic N) is 2. The van der Waals surface area contributed by atoms with Gasteiger partial charge in [0.05, 0.1) is 0 Å². The average molecular weight is 346 g/mol. The number of amides is 2. The molecule has 2 rings (SSSR count). The van der Waals surface area contributed by atoms with Gasteiger partial charge in [0.1, 0.15) is 5.75 Å². The van der Waals surface area contributed by atoms with Gasteiger partial charge < -0.3 is 14.5 Å². The van der Waals surface area contributed by atoms with Crippen molar-refractivity contribution in [2.45, 2.75) is 33.6 Å². The maximum absolute atomic E-state index is 12.6. The molecule has 136 valence electrons. The van der Waals surface area contributed by atoms with Crippen LogP contribution in [0.1, 0.15) is 44.0 Å². The van der Waals surface area contributed by atoms with Crippen LogP contribution < -0.4 is 4.74 Å². The quantitative estimate of drug-likeness (QED) is 0.606. The lowest BCUT2D eigenvalue weighted by molar-refractivity contribution is -0.137. The van der Waals surface area contributed by atoms with Crippen LogP contribution in [-0.2, 0) is 9.59 Å². The third kappa shape index (κ3) is 4.81. The van der Waals surface area contributed by atoms with Crippen molar-refractivity contribution in [2.75, 3.05) is 26.2 Å². The van der Waals surface area contributed by atoms with Crippen molar-refractivity contribution in [1.29, 1.82) is 0 Å². The minimum Gasteiger partial charge on any atom is -0.427 e. The highest BCUT2D eigenvalue weighted by atomic mass is 16.5. The molecule has 0 N–H and O–H groups in total. The summed E-state index contributed by atoms with van der Waals surface area (Å²) in [6.45, 7) is 7.54. The third-order valence-electron chi connectivity index (χ3n) is 4.56. The van der Waals surface area contributed by atoms with E-state index in [1.165, 1.54) is 6.92 Å². The second kappa shape index (κ2) is 8.65. The zero-order valence-electron chi connectivity index (χ0n) is 15.2. The Morgan fingerprint density at radius 2 is 1.64 bits per heavy atom. The molecule has 1 aromatic carbocycles. The molecule has 0 saturated carbocycles. The molecule has 0 unspecified atom stereocenters. The monoisotopic (exact) mass is 346 g/mol. The number of piperazine rings is 1. The maximum atomic E-state index is 12.6. The van der Waals surface area contributed by atoms with Crippen LogP contribution in [0.2, 0.25) is 0 Å². The first-order valence-electron chi connectivity index (χ1n) is 8.82. The summed E-state index contributed by atoms with van der Waals surface area (Å²) in [5.41, 5.74) is 0.485. The zero-order valence-corrected chi connectivity index (χ0v) is 15.2. The smallest absolute Gasteiger partial charge is 0.308 e. The summed E-state index contributed by atoms with van der Waals surface area (Å²) in [5.74, 6) is 0.0966. The van der Waals surface area contributed by atoms with Crippen molar-refractivity contribution in [1.82, 2.24) is 9.80 Å². The first-order chi connectivity index (χ1) is 12.0. The van der Waals surface area contributed by atoms with Gasteiger partial charge in [-0.15, -0.1) is 0 Å². The number of carbonyl (C=O) groups excluding carboxylic acids is 3. The zero-order chi connectivity index (χ0) is 18.4. The third-order valence-corrected chi connectivity index (χ3v) is 4.56. The highest BCUT2D eigenvalue weighted by molar-refractivity contribution is 5.95. The minimum absolute atomic E-state index is 0.0719. The van der Waals surface area contributed by atoms with Crippen LogP contribution in [0.25, 0.3) is 0 Å². The molecule has 0 aliphatic carbocycles. The predicted octanol–water partition coefficient (Wildman–Crippen LogP) is 2.33. The maximum Gasteiger partial charge on any atom is 0.308 e. The van der Waals surface area contributed by atoms with Gasteiger partial charge in [-0.25, -0.2) is 0 Å². The highest BCUT2D eigenvalue weighted by Gasteiger charge is 2.27. The van der Waals surface area contributed by atoms with E-state index in [0.717, 1.165) is 12.8 Å². The molecule has 1 saturated heterocycles. The second-order valence-corrected chi connectivity index (χ2v) is 6.25. The van der Waals surface area contributed by atoms with Crippen molar-refractivity contribution >= 4 is 17.8 Å². The second-order valence-electron chi connectivity index (χ2n) is 6.25. The Morgan fingerprint density at radius 1 is 1.04 bits per heavy atom. The van der Waals surface area contributed by atoms with Crippen LogP contribution in [0.15, 0.2) is 24.3 Å². The largest absolute Gasteiger partial charge is 0.427 e. The lowest BCUT2D eigenvalue weighted by atomic mass is 10.0. The Hall–Kier alpha value is -2.37. The van der Waals surface area contributed by atoms with E-state index in [0.29, 0.717) is 37.5 Å². The molecule has 0 atom stereocenters. The van der Waals surface area contributed by atoms with Gasteiger partial charge in [0, 0.05) is 44.6 Å². The summed E-state index contributed by atoms with van der Waals surface area (Å²) in [6.07, 6.45) is 1.69. The van der Waals surface area contributed by atoms with Crippen LogP contribution in [-0.4, -0.2) is 53.8 Å². The van der Waals surface area contributed by atoms with E-state index in [1.807, 2.05) is 18.7 Å². The van der Waals surface area contributed by atoms with E-state index in [-0.39, 0.29) is 17.7 Å². The molecular weight excluding hydrogens is 320 g/mol. The van der Waals surface area contributed by atoms with Gasteiger partial charge in [-0.1, -0.05) is 19.9 Å². The van der Waals surface area contributed by atoms with Crippen molar-refractivity contribution in [3.8, 4) is 5.75 Å². The van der Waals surface area contributed by atoms with Crippen molar-refractivity contribution in [3.05, 3.63) is 29.8 Å². The summed E-state index contributed by atoms with van der Waals surface area (Å²) in [5, 5.41) is 0. The fourth-order valence-corrected chi connectivity index (χ4v) is 3.07. The van der Waals surface area contributed by atoms with Gasteiger partial charge in [0.2, 0.25) is 5.91 Å². The van der Waals surface area contributed by atoms with Crippen LogP contribution >= 0.6 is 0 Å². The van der Waals surface area contributed by atoms with Crippen molar-refractivity contribution < 1.29 is 19.1 Å². The van der Waals surface area contributed by atoms with Gasteiger partial charge in [0.25, 0.3) is 5.91 Å². The number of rotatable bonds is 5. The molecule has 1 fully saturated rings. The summed E-state index contributed by atoms with van der Waals surface area (Å²) >= 11 is 0.